The summed E-state index contributed by atoms with van der Waals surface area (Å²) in [6, 6.07) is 3.88. The Hall–Kier alpha value is -2.42. The van der Waals surface area contributed by atoms with Gasteiger partial charge < -0.3 is 10.5 Å². The van der Waals surface area contributed by atoms with E-state index < -0.39 is 17.7 Å². The standard InChI is InChI=1S/C18H12ClF2N3O2S/c19-17-10(5-14(27-17)15(25)11-6-23-7-24-18(11)22)16-9-4-13(21)12(20)3-8(9)1-2-26-16/h3-7,16H,1-2H2,(H2,22,23,24). The van der Waals surface area contributed by atoms with Gasteiger partial charge in [0.1, 0.15) is 18.2 Å². The first-order valence-corrected chi connectivity index (χ1v) is 9.14. The van der Waals surface area contributed by atoms with E-state index in [9.17, 15) is 13.6 Å². The van der Waals surface area contributed by atoms with Crippen LogP contribution >= 0.6 is 22.9 Å². The predicted octanol–water partition coefficient (Wildman–Crippen LogP) is 3.95. The monoisotopic (exact) mass is 407 g/mol. The highest BCUT2D eigenvalue weighted by Crippen LogP contribution is 2.41. The highest BCUT2D eigenvalue weighted by Gasteiger charge is 2.29. The minimum Gasteiger partial charge on any atom is -0.383 e. The molecule has 27 heavy (non-hydrogen) atoms. The highest BCUT2D eigenvalue weighted by atomic mass is 35.5. The number of hydrogen-bond donors (Lipinski definition) is 1. The number of nitrogens with zero attached hydrogens (tertiary/aromatic N) is 2. The van der Waals surface area contributed by atoms with Crippen LogP contribution in [0.2, 0.25) is 4.34 Å². The second kappa shape index (κ2) is 6.95. The Balaban J connectivity index is 1.75. The molecule has 2 aromatic heterocycles. The van der Waals surface area contributed by atoms with E-state index in [0.29, 0.717) is 38.9 Å². The van der Waals surface area contributed by atoms with Crippen LogP contribution in [-0.4, -0.2) is 22.4 Å². The molecule has 1 atom stereocenters. The van der Waals surface area contributed by atoms with Crippen molar-refractivity contribution in [3.63, 3.8) is 0 Å². The van der Waals surface area contributed by atoms with Gasteiger partial charge >= 0.3 is 0 Å². The van der Waals surface area contributed by atoms with Crippen molar-refractivity contribution in [2.24, 2.45) is 0 Å². The second-order valence-corrected chi connectivity index (χ2v) is 7.61. The van der Waals surface area contributed by atoms with Crippen molar-refractivity contribution in [2.75, 3.05) is 12.3 Å². The number of ketones is 1. The van der Waals surface area contributed by atoms with E-state index >= 15 is 0 Å². The van der Waals surface area contributed by atoms with Gasteiger partial charge in [0.25, 0.3) is 0 Å². The van der Waals surface area contributed by atoms with Gasteiger partial charge in [-0.2, -0.15) is 0 Å². The number of aromatic nitrogens is 2. The zero-order chi connectivity index (χ0) is 19.1. The molecule has 0 saturated heterocycles. The molecule has 1 unspecified atom stereocenters. The topological polar surface area (TPSA) is 78.1 Å². The Kier molecular flexibility index (Phi) is 4.63. The average molecular weight is 408 g/mol. The minimum atomic E-state index is -0.957. The number of halogens is 3. The average Bonchev–Trinajstić information content (AvgIpc) is 3.04. The van der Waals surface area contributed by atoms with Crippen molar-refractivity contribution >= 4 is 34.5 Å². The van der Waals surface area contributed by atoms with E-state index in [-0.39, 0.29) is 17.2 Å². The maximum Gasteiger partial charge on any atom is 0.208 e. The van der Waals surface area contributed by atoms with Crippen LogP contribution in [0.15, 0.2) is 30.7 Å². The van der Waals surface area contributed by atoms with Gasteiger partial charge in [0.2, 0.25) is 5.78 Å². The van der Waals surface area contributed by atoms with Crippen LogP contribution in [0, 0.1) is 11.6 Å². The van der Waals surface area contributed by atoms with Gasteiger partial charge in [0, 0.05) is 11.8 Å². The van der Waals surface area contributed by atoms with Crippen LogP contribution in [0.5, 0.6) is 0 Å². The first-order valence-electron chi connectivity index (χ1n) is 7.94. The van der Waals surface area contributed by atoms with Crippen LogP contribution in [0.1, 0.15) is 38.0 Å². The largest absolute Gasteiger partial charge is 0.383 e. The van der Waals surface area contributed by atoms with E-state index in [1.165, 1.54) is 18.6 Å². The summed E-state index contributed by atoms with van der Waals surface area (Å²) in [7, 11) is 0. The van der Waals surface area contributed by atoms with E-state index in [2.05, 4.69) is 9.97 Å². The molecule has 0 fully saturated rings. The van der Waals surface area contributed by atoms with Gasteiger partial charge in [-0.15, -0.1) is 11.3 Å². The van der Waals surface area contributed by atoms with Crippen LogP contribution in [0.3, 0.4) is 0 Å². The molecule has 0 bridgehead atoms. The summed E-state index contributed by atoms with van der Waals surface area (Å²) in [6.45, 7) is 0.331. The molecule has 0 saturated carbocycles. The first kappa shape index (κ1) is 18.0. The van der Waals surface area contributed by atoms with Crippen LogP contribution in [0.25, 0.3) is 0 Å². The molecular formula is C18H12ClF2N3O2S. The molecule has 0 spiro atoms. The molecule has 138 valence electrons. The number of hydrogen-bond acceptors (Lipinski definition) is 6. The quantitative estimate of drug-likeness (QED) is 0.665. The third-order valence-electron chi connectivity index (χ3n) is 4.33. The smallest absolute Gasteiger partial charge is 0.208 e. The van der Waals surface area contributed by atoms with E-state index in [4.69, 9.17) is 22.1 Å². The Labute approximate surface area is 161 Å². The maximum atomic E-state index is 13.8. The molecule has 5 nitrogen and oxygen atoms in total. The zero-order valence-corrected chi connectivity index (χ0v) is 15.3. The molecule has 0 aliphatic carbocycles. The number of ether oxygens (including phenoxy) is 1. The Bertz CT molecular complexity index is 1060. The summed E-state index contributed by atoms with van der Waals surface area (Å²) in [5, 5.41) is 0. The van der Waals surface area contributed by atoms with Gasteiger partial charge in [0.15, 0.2) is 11.6 Å². The van der Waals surface area contributed by atoms with Gasteiger partial charge in [-0.05, 0) is 35.7 Å². The van der Waals surface area contributed by atoms with Crippen molar-refractivity contribution in [1.29, 1.82) is 0 Å². The number of fused-ring (bicyclic) bond motifs is 1. The zero-order valence-electron chi connectivity index (χ0n) is 13.7. The molecule has 1 aliphatic heterocycles. The van der Waals surface area contributed by atoms with Crippen LogP contribution in [0.4, 0.5) is 14.6 Å². The lowest BCUT2D eigenvalue weighted by atomic mass is 9.93. The normalized spacial score (nSPS) is 16.2. The van der Waals surface area contributed by atoms with Crippen LogP contribution < -0.4 is 5.73 Å². The minimum absolute atomic E-state index is 0.0675. The number of benzene rings is 1. The molecule has 2 N–H and O–H groups in total. The third kappa shape index (κ3) is 3.20. The lowest BCUT2D eigenvalue weighted by molar-refractivity contribution is 0.0696. The molecule has 1 aromatic carbocycles. The summed E-state index contributed by atoms with van der Waals surface area (Å²) in [6.07, 6.45) is 2.37. The van der Waals surface area contributed by atoms with Gasteiger partial charge in [-0.1, -0.05) is 11.6 Å². The summed E-state index contributed by atoms with van der Waals surface area (Å²) < 4.78 is 33.4. The molecular weight excluding hydrogens is 396 g/mol. The van der Waals surface area contributed by atoms with Gasteiger partial charge in [0.05, 0.1) is 21.4 Å². The molecule has 0 amide bonds. The number of nitrogens with two attached hydrogens (primary N) is 1. The first-order chi connectivity index (χ1) is 13.0. The Morgan fingerprint density at radius 3 is 2.81 bits per heavy atom. The van der Waals surface area contributed by atoms with Crippen molar-refractivity contribution in [1.82, 2.24) is 9.97 Å². The molecule has 1 aliphatic rings. The number of anilines is 1. The molecule has 0 radical (unpaired) electrons. The number of thiophene rings is 1. The lowest BCUT2D eigenvalue weighted by Gasteiger charge is -2.26. The fraction of sp³-hybridized carbons (Fsp3) is 0.167. The SMILES string of the molecule is Nc1ncncc1C(=O)c1cc(C2OCCc3cc(F)c(F)cc32)c(Cl)s1. The Morgan fingerprint density at radius 2 is 2.04 bits per heavy atom. The molecule has 4 rings (SSSR count). The maximum absolute atomic E-state index is 13.8. The van der Waals surface area contributed by atoms with E-state index in [1.54, 1.807) is 6.07 Å². The summed E-state index contributed by atoms with van der Waals surface area (Å²) in [5.41, 5.74) is 7.58. The van der Waals surface area contributed by atoms with Crippen molar-refractivity contribution < 1.29 is 18.3 Å². The second-order valence-electron chi connectivity index (χ2n) is 5.96. The summed E-state index contributed by atoms with van der Waals surface area (Å²) in [4.78, 5) is 20.7. The van der Waals surface area contributed by atoms with Crippen molar-refractivity contribution in [2.45, 2.75) is 12.5 Å². The van der Waals surface area contributed by atoms with Crippen LogP contribution in [-0.2, 0) is 11.2 Å². The fourth-order valence-corrected chi connectivity index (χ4v) is 4.29. The number of carbonyl (C=O) groups is 1. The molecule has 3 aromatic rings. The van der Waals surface area contributed by atoms with Crippen molar-refractivity contribution in [3.8, 4) is 0 Å². The lowest BCUT2D eigenvalue weighted by Crippen LogP contribution is -2.18. The fourth-order valence-electron chi connectivity index (χ4n) is 3.02. The third-order valence-corrected chi connectivity index (χ3v) is 5.72. The predicted molar refractivity (Wildman–Crippen MR) is 97.1 cm³/mol. The Morgan fingerprint density at radius 1 is 1.26 bits per heavy atom. The summed E-state index contributed by atoms with van der Waals surface area (Å²) >= 11 is 7.40. The number of carbonyl (C=O) groups excluding carboxylic acids is 1. The molecule has 9 heteroatoms. The van der Waals surface area contributed by atoms with Crippen molar-refractivity contribution in [3.05, 3.63) is 73.8 Å². The van der Waals surface area contributed by atoms with Gasteiger partial charge in [-0.25, -0.2) is 18.7 Å². The highest BCUT2D eigenvalue weighted by molar-refractivity contribution is 7.18. The number of rotatable bonds is 3. The van der Waals surface area contributed by atoms with Gasteiger partial charge in [-0.3, -0.25) is 4.79 Å². The molecule has 3 heterocycles. The van der Waals surface area contributed by atoms with E-state index in [1.807, 2.05) is 0 Å². The number of nitrogen functional groups attached to an aromatic ring is 1. The summed E-state index contributed by atoms with van der Waals surface area (Å²) in [5.74, 6) is -2.16. The van der Waals surface area contributed by atoms with E-state index in [0.717, 1.165) is 17.4 Å².